The van der Waals surface area contributed by atoms with Crippen LogP contribution in [0.3, 0.4) is 0 Å². The van der Waals surface area contributed by atoms with E-state index in [2.05, 4.69) is 21.2 Å². The van der Waals surface area contributed by atoms with Gasteiger partial charge in [0.2, 0.25) is 11.8 Å². The van der Waals surface area contributed by atoms with Crippen LogP contribution in [-0.2, 0) is 28.3 Å². The summed E-state index contributed by atoms with van der Waals surface area (Å²) in [5, 5.41) is 4.08. The fourth-order valence-corrected chi connectivity index (χ4v) is 5.20. The Morgan fingerprint density at radius 3 is 2.19 bits per heavy atom. The molecule has 2 amide bonds. The standard InChI is InChI=1S/C29H31BrCl2N2O2S/c1-29(2,3)33-28(36)26(16-20-7-5-4-6-8-20)34(17-21-9-12-23(30)13-10-21)27(35)19-37-18-22-11-14-24(31)25(32)15-22/h4-15,26H,16-19H2,1-3H3,(H,33,36)/t26-/m1/s1. The normalized spacial score (nSPS) is 12.2. The van der Waals surface area contributed by atoms with Crippen LogP contribution in [0.2, 0.25) is 10.0 Å². The second-order valence-electron chi connectivity index (χ2n) is 9.83. The molecule has 1 atom stereocenters. The Kier molecular flexibility index (Phi) is 10.9. The maximum Gasteiger partial charge on any atom is 0.243 e. The number of carbonyl (C=O) groups is 2. The smallest absolute Gasteiger partial charge is 0.243 e. The minimum absolute atomic E-state index is 0.0991. The molecule has 0 radical (unpaired) electrons. The van der Waals surface area contributed by atoms with Gasteiger partial charge >= 0.3 is 0 Å². The molecule has 0 aliphatic rings. The molecule has 0 unspecified atom stereocenters. The number of benzene rings is 3. The summed E-state index contributed by atoms with van der Waals surface area (Å²) in [5.74, 6) is 0.561. The van der Waals surface area contributed by atoms with E-state index >= 15 is 0 Å². The van der Waals surface area contributed by atoms with E-state index in [0.717, 1.165) is 21.2 Å². The molecule has 0 spiro atoms. The Bertz CT molecular complexity index is 1200. The second kappa shape index (κ2) is 13.7. The number of rotatable bonds is 10. The number of halogens is 3. The summed E-state index contributed by atoms with van der Waals surface area (Å²) >= 11 is 17.1. The molecule has 0 heterocycles. The molecule has 0 saturated heterocycles. The first-order valence-corrected chi connectivity index (χ1v) is 14.6. The van der Waals surface area contributed by atoms with Crippen LogP contribution in [0.25, 0.3) is 0 Å². The van der Waals surface area contributed by atoms with Crippen LogP contribution in [0.1, 0.15) is 37.5 Å². The molecule has 8 heteroatoms. The van der Waals surface area contributed by atoms with Gasteiger partial charge in [-0.15, -0.1) is 11.8 Å². The largest absolute Gasteiger partial charge is 0.350 e. The highest BCUT2D eigenvalue weighted by Crippen LogP contribution is 2.25. The monoisotopic (exact) mass is 620 g/mol. The third-order valence-electron chi connectivity index (χ3n) is 5.51. The lowest BCUT2D eigenvalue weighted by molar-refractivity contribution is -0.140. The van der Waals surface area contributed by atoms with Gasteiger partial charge in [0.1, 0.15) is 6.04 Å². The summed E-state index contributed by atoms with van der Waals surface area (Å²) < 4.78 is 0.956. The van der Waals surface area contributed by atoms with Crippen LogP contribution in [-0.4, -0.2) is 34.0 Å². The highest BCUT2D eigenvalue weighted by Gasteiger charge is 2.32. The number of thioether (sulfide) groups is 1. The fraction of sp³-hybridized carbons (Fsp3) is 0.310. The zero-order valence-corrected chi connectivity index (χ0v) is 25.1. The Hall–Kier alpha value is -1.99. The lowest BCUT2D eigenvalue weighted by Gasteiger charge is -2.34. The molecule has 0 aliphatic carbocycles. The molecular weight excluding hydrogens is 591 g/mol. The van der Waals surface area contributed by atoms with E-state index in [0.29, 0.717) is 28.8 Å². The number of hydrogen-bond acceptors (Lipinski definition) is 3. The van der Waals surface area contributed by atoms with E-state index in [9.17, 15) is 9.59 Å². The molecule has 3 rings (SSSR count). The van der Waals surface area contributed by atoms with Crippen LogP contribution in [0.4, 0.5) is 0 Å². The summed E-state index contributed by atoms with van der Waals surface area (Å²) in [7, 11) is 0. The lowest BCUT2D eigenvalue weighted by atomic mass is 10.0. The zero-order valence-electron chi connectivity index (χ0n) is 21.1. The number of nitrogens with zero attached hydrogens (tertiary/aromatic N) is 1. The van der Waals surface area contributed by atoms with Gasteiger partial charge in [-0.05, 0) is 61.7 Å². The minimum atomic E-state index is -0.664. The van der Waals surface area contributed by atoms with Crippen LogP contribution in [0, 0.1) is 0 Å². The summed E-state index contributed by atoms with van der Waals surface area (Å²) in [6.07, 6.45) is 0.419. The molecule has 0 fully saturated rings. The van der Waals surface area contributed by atoms with E-state index < -0.39 is 11.6 Å². The van der Waals surface area contributed by atoms with Crippen molar-refractivity contribution in [1.82, 2.24) is 10.2 Å². The van der Waals surface area contributed by atoms with Gasteiger partial charge < -0.3 is 10.2 Å². The van der Waals surface area contributed by atoms with Gasteiger partial charge in [-0.25, -0.2) is 0 Å². The van der Waals surface area contributed by atoms with E-state index in [4.69, 9.17) is 23.2 Å². The first-order chi connectivity index (χ1) is 17.5. The summed E-state index contributed by atoms with van der Waals surface area (Å²) in [5.41, 5.74) is 2.50. The molecule has 0 bridgehead atoms. The van der Waals surface area contributed by atoms with Gasteiger partial charge in [0, 0.05) is 28.7 Å². The maximum atomic E-state index is 13.7. The molecule has 4 nitrogen and oxygen atoms in total. The molecule has 0 aromatic heterocycles. The Balaban J connectivity index is 1.86. The fourth-order valence-electron chi connectivity index (χ4n) is 3.76. The predicted molar refractivity (Wildman–Crippen MR) is 159 cm³/mol. The first-order valence-electron chi connectivity index (χ1n) is 11.9. The zero-order chi connectivity index (χ0) is 27.0. The summed E-state index contributed by atoms with van der Waals surface area (Å²) in [6, 6.07) is 22.4. The van der Waals surface area contributed by atoms with Crippen molar-refractivity contribution in [2.75, 3.05) is 5.75 Å². The third kappa shape index (κ3) is 9.68. The molecule has 196 valence electrons. The van der Waals surface area contributed by atoms with Crippen molar-refractivity contribution in [1.29, 1.82) is 0 Å². The average Bonchev–Trinajstić information content (AvgIpc) is 2.84. The van der Waals surface area contributed by atoms with E-state index in [-0.39, 0.29) is 17.6 Å². The molecule has 3 aromatic carbocycles. The molecule has 3 aromatic rings. The Morgan fingerprint density at radius 1 is 0.919 bits per heavy atom. The van der Waals surface area contributed by atoms with Crippen LogP contribution < -0.4 is 5.32 Å². The van der Waals surface area contributed by atoms with Crippen molar-refractivity contribution >= 4 is 62.7 Å². The van der Waals surface area contributed by atoms with Crippen LogP contribution in [0.15, 0.2) is 77.3 Å². The van der Waals surface area contributed by atoms with Crippen molar-refractivity contribution in [2.45, 2.75) is 51.1 Å². The Morgan fingerprint density at radius 2 is 1.57 bits per heavy atom. The second-order valence-corrected chi connectivity index (χ2v) is 12.5. The lowest BCUT2D eigenvalue weighted by Crippen LogP contribution is -2.54. The van der Waals surface area contributed by atoms with Gasteiger partial charge in [0.05, 0.1) is 15.8 Å². The van der Waals surface area contributed by atoms with Crippen molar-refractivity contribution in [3.05, 3.63) is 104 Å². The molecular formula is C29H31BrCl2N2O2S. The van der Waals surface area contributed by atoms with Crippen molar-refractivity contribution < 1.29 is 9.59 Å². The van der Waals surface area contributed by atoms with Crippen LogP contribution in [0.5, 0.6) is 0 Å². The summed E-state index contributed by atoms with van der Waals surface area (Å²) in [6.45, 7) is 6.16. The topological polar surface area (TPSA) is 49.4 Å². The molecule has 0 saturated carbocycles. The van der Waals surface area contributed by atoms with E-state index in [1.807, 2.05) is 87.5 Å². The predicted octanol–water partition coefficient (Wildman–Crippen LogP) is 7.54. The highest BCUT2D eigenvalue weighted by atomic mass is 79.9. The van der Waals surface area contributed by atoms with Crippen molar-refractivity contribution in [3.63, 3.8) is 0 Å². The van der Waals surface area contributed by atoms with Crippen molar-refractivity contribution in [2.24, 2.45) is 0 Å². The molecule has 0 aliphatic heterocycles. The van der Waals surface area contributed by atoms with Crippen LogP contribution >= 0.6 is 50.9 Å². The Labute approximate surface area is 242 Å². The summed E-state index contributed by atoms with van der Waals surface area (Å²) in [4.78, 5) is 29.0. The van der Waals surface area contributed by atoms with Gasteiger partial charge in [0.15, 0.2) is 0 Å². The molecule has 1 N–H and O–H groups in total. The molecule has 37 heavy (non-hydrogen) atoms. The number of amides is 2. The number of carbonyl (C=O) groups excluding carboxylic acids is 2. The maximum absolute atomic E-state index is 13.7. The van der Waals surface area contributed by atoms with Gasteiger partial charge in [-0.3, -0.25) is 9.59 Å². The third-order valence-corrected chi connectivity index (χ3v) is 7.77. The van der Waals surface area contributed by atoms with Gasteiger partial charge in [0.25, 0.3) is 0 Å². The van der Waals surface area contributed by atoms with Crippen molar-refractivity contribution in [3.8, 4) is 0 Å². The highest BCUT2D eigenvalue weighted by molar-refractivity contribution is 9.10. The number of nitrogens with one attached hydrogen (secondary N) is 1. The average molecular weight is 622 g/mol. The first kappa shape index (κ1) is 29.6. The SMILES string of the molecule is CC(C)(C)NC(=O)[C@@H](Cc1ccccc1)N(Cc1ccc(Br)cc1)C(=O)CSCc1ccc(Cl)c(Cl)c1. The number of hydrogen-bond donors (Lipinski definition) is 1. The quantitative estimate of drug-likeness (QED) is 0.254. The van der Waals surface area contributed by atoms with E-state index in [1.54, 1.807) is 11.0 Å². The van der Waals surface area contributed by atoms with Gasteiger partial charge in [-0.1, -0.05) is 87.7 Å². The minimum Gasteiger partial charge on any atom is -0.350 e. The van der Waals surface area contributed by atoms with E-state index in [1.165, 1.54) is 11.8 Å². The van der Waals surface area contributed by atoms with Gasteiger partial charge in [-0.2, -0.15) is 0 Å².